The van der Waals surface area contributed by atoms with E-state index in [1.165, 1.54) is 17.9 Å². The maximum absolute atomic E-state index is 12.7. The summed E-state index contributed by atoms with van der Waals surface area (Å²) in [5.74, 6) is -0.120. The molecule has 0 amide bonds. The van der Waals surface area contributed by atoms with Crippen molar-refractivity contribution in [3.8, 4) is 11.7 Å². The molecule has 0 fully saturated rings. The van der Waals surface area contributed by atoms with Gasteiger partial charge in [0.15, 0.2) is 11.5 Å². The molecule has 0 atom stereocenters. The van der Waals surface area contributed by atoms with Crippen LogP contribution in [0.2, 0.25) is 0 Å². The highest BCUT2D eigenvalue weighted by Crippen LogP contribution is 2.24. The number of Topliss-reactive ketones (excluding diaryl/α,β-unsaturated/α-hetero) is 1. The van der Waals surface area contributed by atoms with Crippen molar-refractivity contribution in [1.29, 1.82) is 0 Å². The third-order valence-corrected chi connectivity index (χ3v) is 4.69. The van der Waals surface area contributed by atoms with Gasteiger partial charge in [0.1, 0.15) is 11.4 Å². The minimum atomic E-state index is -0.727. The number of nitrogen functional groups attached to an aromatic ring is 1. The number of ketones is 1. The zero-order valence-electron chi connectivity index (χ0n) is 15.5. The third kappa shape index (κ3) is 3.79. The second-order valence-corrected chi connectivity index (χ2v) is 7.40. The molecule has 0 spiro atoms. The molecular formula is C17H19N5O5S. The molecule has 0 unspecified atom stereocenters. The molecule has 0 saturated heterocycles. The van der Waals surface area contributed by atoms with Gasteiger partial charge in [0.05, 0.1) is 12.0 Å². The Hall–Kier alpha value is -3.08. The predicted molar refractivity (Wildman–Crippen MR) is 102 cm³/mol. The highest BCUT2D eigenvalue weighted by molar-refractivity contribution is 7.99. The minimum Gasteiger partial charge on any atom is -0.459 e. The van der Waals surface area contributed by atoms with Crippen molar-refractivity contribution in [1.82, 2.24) is 19.3 Å². The van der Waals surface area contributed by atoms with Gasteiger partial charge in [-0.1, -0.05) is 25.6 Å². The van der Waals surface area contributed by atoms with Gasteiger partial charge in [-0.3, -0.25) is 18.7 Å². The molecule has 3 heterocycles. The lowest BCUT2D eigenvalue weighted by atomic mass is 10.2. The van der Waals surface area contributed by atoms with Gasteiger partial charge in [-0.15, -0.1) is 10.2 Å². The van der Waals surface area contributed by atoms with Gasteiger partial charge in [-0.2, -0.15) is 0 Å². The van der Waals surface area contributed by atoms with E-state index in [0.717, 1.165) is 16.3 Å². The van der Waals surface area contributed by atoms with E-state index in [0.29, 0.717) is 12.3 Å². The van der Waals surface area contributed by atoms with Gasteiger partial charge < -0.3 is 14.6 Å². The molecule has 0 aromatic carbocycles. The summed E-state index contributed by atoms with van der Waals surface area (Å²) in [6, 6.07) is 3.34. The normalized spacial score (nSPS) is 11.3. The molecule has 2 N–H and O–H groups in total. The first-order valence-electron chi connectivity index (χ1n) is 8.42. The number of carbonyl (C=O) groups excluding carboxylic acids is 1. The molecule has 0 saturated carbocycles. The first kappa shape index (κ1) is 19.7. The third-order valence-electron chi connectivity index (χ3n) is 3.87. The van der Waals surface area contributed by atoms with Crippen LogP contribution in [-0.2, 0) is 13.6 Å². The zero-order chi connectivity index (χ0) is 20.4. The van der Waals surface area contributed by atoms with Crippen molar-refractivity contribution >= 4 is 23.4 Å². The fourth-order valence-corrected chi connectivity index (χ4v) is 3.19. The number of nitrogens with two attached hydrogens (primary N) is 1. The molecule has 0 aliphatic heterocycles. The summed E-state index contributed by atoms with van der Waals surface area (Å²) in [5, 5.41) is 7.82. The number of anilines is 1. The molecule has 11 heteroatoms. The van der Waals surface area contributed by atoms with Gasteiger partial charge in [-0.05, 0) is 18.1 Å². The molecule has 0 aliphatic carbocycles. The quantitative estimate of drug-likeness (QED) is 0.456. The monoisotopic (exact) mass is 405 g/mol. The molecule has 28 heavy (non-hydrogen) atoms. The van der Waals surface area contributed by atoms with Crippen LogP contribution in [0.5, 0.6) is 0 Å². The summed E-state index contributed by atoms with van der Waals surface area (Å²) in [6.45, 7) is 4.10. The lowest BCUT2D eigenvalue weighted by Crippen LogP contribution is -2.43. The van der Waals surface area contributed by atoms with Crippen LogP contribution in [0.15, 0.2) is 42.0 Å². The molecule has 0 bridgehead atoms. The van der Waals surface area contributed by atoms with E-state index < -0.39 is 17.0 Å². The molecule has 0 radical (unpaired) electrons. The van der Waals surface area contributed by atoms with Gasteiger partial charge in [0.25, 0.3) is 16.7 Å². The number of hydrogen-bond donors (Lipinski definition) is 1. The second-order valence-electron chi connectivity index (χ2n) is 6.47. The Kier molecular flexibility index (Phi) is 5.54. The average Bonchev–Trinajstić information content (AvgIpc) is 3.33. The lowest BCUT2D eigenvalue weighted by molar-refractivity contribution is 0.102. The Balaban J connectivity index is 1.84. The van der Waals surface area contributed by atoms with Crippen LogP contribution in [0, 0.1) is 5.92 Å². The van der Waals surface area contributed by atoms with Crippen molar-refractivity contribution < 1.29 is 13.6 Å². The molecular weight excluding hydrogens is 386 g/mol. The van der Waals surface area contributed by atoms with Crippen LogP contribution in [-0.4, -0.2) is 30.9 Å². The summed E-state index contributed by atoms with van der Waals surface area (Å²) >= 11 is 0.966. The fourth-order valence-electron chi connectivity index (χ4n) is 2.55. The number of carbonyl (C=O) groups is 1. The Morgan fingerprint density at radius 2 is 2.07 bits per heavy atom. The first-order chi connectivity index (χ1) is 13.3. The summed E-state index contributed by atoms with van der Waals surface area (Å²) in [5.41, 5.74) is 4.49. The fraction of sp³-hybridized carbons (Fsp3) is 0.353. The van der Waals surface area contributed by atoms with Crippen molar-refractivity contribution in [3.63, 3.8) is 0 Å². The highest BCUT2D eigenvalue weighted by atomic mass is 32.2. The van der Waals surface area contributed by atoms with Crippen LogP contribution in [0.1, 0.15) is 24.2 Å². The smallest absolute Gasteiger partial charge is 0.332 e. The van der Waals surface area contributed by atoms with E-state index in [1.54, 1.807) is 12.1 Å². The molecule has 10 nitrogen and oxygen atoms in total. The molecule has 148 valence electrons. The lowest BCUT2D eigenvalue weighted by Gasteiger charge is -2.15. The molecule has 3 aromatic rings. The maximum atomic E-state index is 12.7. The molecule has 3 aromatic heterocycles. The largest absolute Gasteiger partial charge is 0.459 e. The Morgan fingerprint density at radius 1 is 1.32 bits per heavy atom. The van der Waals surface area contributed by atoms with Gasteiger partial charge in [-0.25, -0.2) is 4.79 Å². The number of thioether (sulfide) groups is 1. The molecule has 3 rings (SSSR count). The van der Waals surface area contributed by atoms with Crippen molar-refractivity contribution in [3.05, 3.63) is 44.8 Å². The summed E-state index contributed by atoms with van der Waals surface area (Å²) < 4.78 is 12.7. The van der Waals surface area contributed by atoms with Crippen LogP contribution < -0.4 is 17.0 Å². The van der Waals surface area contributed by atoms with Crippen LogP contribution in [0.3, 0.4) is 0 Å². The average molecular weight is 405 g/mol. The second kappa shape index (κ2) is 7.89. The van der Waals surface area contributed by atoms with Gasteiger partial charge in [0, 0.05) is 13.6 Å². The van der Waals surface area contributed by atoms with Crippen molar-refractivity contribution in [2.45, 2.75) is 25.6 Å². The van der Waals surface area contributed by atoms with Crippen LogP contribution >= 0.6 is 11.8 Å². The van der Waals surface area contributed by atoms with E-state index in [4.69, 9.17) is 14.6 Å². The standard InChI is InChI=1S/C17H19N5O5S/c1-9(2)7-22-13(18)12(15(24)21(3)17(22)25)10(23)8-28-16-20-19-14(27-16)11-5-4-6-26-11/h4-6,9H,7-8,18H2,1-3H3. The SMILES string of the molecule is CC(C)Cn1c(N)c(C(=O)CSc2nnc(-c3ccco3)o2)c(=O)n(C)c1=O. The number of nitrogens with zero attached hydrogens (tertiary/aromatic N) is 4. The number of furan rings is 1. The van der Waals surface area contributed by atoms with Gasteiger partial charge >= 0.3 is 5.69 Å². The highest BCUT2D eigenvalue weighted by Gasteiger charge is 2.23. The summed E-state index contributed by atoms with van der Waals surface area (Å²) in [7, 11) is 1.32. The number of aromatic nitrogens is 4. The van der Waals surface area contributed by atoms with E-state index in [-0.39, 0.29) is 34.2 Å². The molecule has 0 aliphatic rings. The number of hydrogen-bond acceptors (Lipinski definition) is 9. The van der Waals surface area contributed by atoms with E-state index in [1.807, 2.05) is 13.8 Å². The van der Waals surface area contributed by atoms with E-state index in [2.05, 4.69) is 10.2 Å². The summed E-state index contributed by atoms with van der Waals surface area (Å²) in [4.78, 5) is 37.4. The van der Waals surface area contributed by atoms with E-state index >= 15 is 0 Å². The van der Waals surface area contributed by atoms with Crippen molar-refractivity contribution in [2.24, 2.45) is 13.0 Å². The van der Waals surface area contributed by atoms with E-state index in [9.17, 15) is 14.4 Å². The summed E-state index contributed by atoms with van der Waals surface area (Å²) in [6.07, 6.45) is 1.47. The van der Waals surface area contributed by atoms with Crippen LogP contribution in [0.25, 0.3) is 11.7 Å². The van der Waals surface area contributed by atoms with Gasteiger partial charge in [0.2, 0.25) is 0 Å². The van der Waals surface area contributed by atoms with Crippen molar-refractivity contribution in [2.75, 3.05) is 11.5 Å². The first-order valence-corrected chi connectivity index (χ1v) is 9.40. The number of rotatable bonds is 7. The zero-order valence-corrected chi connectivity index (χ0v) is 16.4. The Labute approximate surface area is 163 Å². The Bertz CT molecular complexity index is 1110. The Morgan fingerprint density at radius 3 is 2.71 bits per heavy atom. The minimum absolute atomic E-state index is 0.105. The van der Waals surface area contributed by atoms with Crippen LogP contribution in [0.4, 0.5) is 5.82 Å². The topological polar surface area (TPSA) is 139 Å². The predicted octanol–water partition coefficient (Wildman–Crippen LogP) is 1.40. The maximum Gasteiger partial charge on any atom is 0.332 e.